The zero-order valence-electron chi connectivity index (χ0n) is 35.4. The third-order valence-corrected chi connectivity index (χ3v) is 12.8. The molecule has 1 saturated heterocycles. The fourth-order valence-electron chi connectivity index (χ4n) is 9.35. The van der Waals surface area contributed by atoms with Crippen LogP contribution in [0.2, 0.25) is 0 Å². The Morgan fingerprint density at radius 3 is 1.84 bits per heavy atom. The van der Waals surface area contributed by atoms with Crippen molar-refractivity contribution in [3.8, 4) is 11.1 Å². The molecule has 0 radical (unpaired) electrons. The van der Waals surface area contributed by atoms with E-state index < -0.39 is 0 Å². The van der Waals surface area contributed by atoms with Gasteiger partial charge in [-0.15, -0.1) is 0 Å². The van der Waals surface area contributed by atoms with Crippen LogP contribution in [0.15, 0.2) is 218 Å². The van der Waals surface area contributed by atoms with Gasteiger partial charge < -0.3 is 22.1 Å². The number of fused-ring (bicyclic) bond motifs is 5. The van der Waals surface area contributed by atoms with Crippen LogP contribution in [0.5, 0.6) is 0 Å². The first-order chi connectivity index (χ1) is 31.5. The Kier molecular flexibility index (Phi) is 10.1. The smallest absolute Gasteiger partial charge is 0.107 e. The standard InChI is InChI=1S/C58H48N6/c59-54(47-31-27-40-14-4-6-16-45(40)34-47)36-55(48-32-28-41-15-5-7-17-46(41)35-48)63-38-64(63)58(61)43-29-25-42(26-30-43)44-18-12-13-39(33-44)37-62(49-19-2-1-3-20-49)57-53-24-11-9-22-51(53)50-21-8-10-23-52(50)56(57)60/h1-36,54,58H,37-38,59-61H2/b55-36-. The molecule has 310 valence electrons. The molecule has 0 aromatic heterocycles. The van der Waals surface area contributed by atoms with Crippen molar-refractivity contribution in [3.63, 3.8) is 0 Å². The molecule has 3 atom stereocenters. The van der Waals surface area contributed by atoms with Crippen LogP contribution in [0.25, 0.3) is 59.9 Å². The summed E-state index contributed by atoms with van der Waals surface area (Å²) >= 11 is 0. The van der Waals surface area contributed by atoms with E-state index in [-0.39, 0.29) is 12.2 Å². The highest BCUT2D eigenvalue weighted by molar-refractivity contribution is 6.20. The van der Waals surface area contributed by atoms with Gasteiger partial charge in [0.2, 0.25) is 0 Å². The number of nitrogen functional groups attached to an aromatic ring is 1. The molecule has 0 spiro atoms. The maximum atomic E-state index is 7.13. The fourth-order valence-corrected chi connectivity index (χ4v) is 9.35. The summed E-state index contributed by atoms with van der Waals surface area (Å²) in [6.07, 6.45) is 1.83. The Bertz CT molecular complexity index is 3360. The van der Waals surface area contributed by atoms with Crippen LogP contribution in [0, 0.1) is 0 Å². The summed E-state index contributed by atoms with van der Waals surface area (Å²) in [6.45, 7) is 1.32. The van der Waals surface area contributed by atoms with Gasteiger partial charge in [-0.25, -0.2) is 0 Å². The lowest BCUT2D eigenvalue weighted by molar-refractivity contribution is 0.302. The highest BCUT2D eigenvalue weighted by Gasteiger charge is 2.39. The molecular formula is C58H48N6. The monoisotopic (exact) mass is 828 g/mol. The van der Waals surface area contributed by atoms with Crippen molar-refractivity contribution in [2.75, 3.05) is 17.3 Å². The van der Waals surface area contributed by atoms with E-state index in [2.05, 4.69) is 233 Å². The minimum absolute atomic E-state index is 0.316. The minimum Gasteiger partial charge on any atom is -0.397 e. The Hall–Kier alpha value is -7.74. The van der Waals surface area contributed by atoms with E-state index in [1.165, 1.54) is 32.5 Å². The molecule has 0 aliphatic carbocycles. The van der Waals surface area contributed by atoms with Gasteiger partial charge in [0.15, 0.2) is 0 Å². The largest absolute Gasteiger partial charge is 0.397 e. The summed E-state index contributed by atoms with van der Waals surface area (Å²) in [5.74, 6) is 0. The van der Waals surface area contributed by atoms with E-state index in [0.29, 0.717) is 13.2 Å². The number of anilines is 3. The van der Waals surface area contributed by atoms with Crippen molar-refractivity contribution in [1.29, 1.82) is 0 Å². The molecule has 1 aliphatic heterocycles. The van der Waals surface area contributed by atoms with Gasteiger partial charge in [0.05, 0.1) is 23.1 Å². The molecule has 10 aromatic rings. The maximum Gasteiger partial charge on any atom is 0.107 e. The number of hydrogen-bond donors (Lipinski definition) is 3. The van der Waals surface area contributed by atoms with Crippen molar-refractivity contribution in [3.05, 3.63) is 241 Å². The first-order valence-corrected chi connectivity index (χ1v) is 21.9. The highest BCUT2D eigenvalue weighted by Crippen LogP contribution is 2.44. The first kappa shape index (κ1) is 39.1. The van der Waals surface area contributed by atoms with Gasteiger partial charge in [0, 0.05) is 23.0 Å². The normalized spacial score (nSPS) is 14.9. The topological polar surface area (TPSA) is 87.3 Å². The lowest BCUT2D eigenvalue weighted by Gasteiger charge is -2.29. The number of benzene rings is 10. The summed E-state index contributed by atoms with van der Waals surface area (Å²) in [6, 6.07) is 74.7. The zero-order chi connectivity index (χ0) is 43.1. The molecule has 11 rings (SSSR count). The van der Waals surface area contributed by atoms with E-state index in [1.54, 1.807) is 0 Å². The first-order valence-electron chi connectivity index (χ1n) is 21.9. The van der Waals surface area contributed by atoms with Crippen molar-refractivity contribution in [1.82, 2.24) is 10.0 Å². The molecule has 6 heteroatoms. The van der Waals surface area contributed by atoms with Gasteiger partial charge >= 0.3 is 0 Å². The van der Waals surface area contributed by atoms with Crippen LogP contribution in [0.3, 0.4) is 0 Å². The average Bonchev–Trinajstić information content (AvgIpc) is 4.16. The summed E-state index contributed by atoms with van der Waals surface area (Å²) < 4.78 is 0. The predicted molar refractivity (Wildman–Crippen MR) is 268 cm³/mol. The van der Waals surface area contributed by atoms with Crippen molar-refractivity contribution >= 4 is 65.8 Å². The van der Waals surface area contributed by atoms with Crippen molar-refractivity contribution in [2.45, 2.75) is 18.8 Å². The van der Waals surface area contributed by atoms with Gasteiger partial charge in [0.25, 0.3) is 0 Å². The second-order valence-corrected chi connectivity index (χ2v) is 16.8. The average molecular weight is 829 g/mol. The SMILES string of the molecule is Nc1c(N(Cc2cccc(-c3ccc(C(N)N4CN4/C(=C\C(N)c4ccc5ccccc5c4)c4ccc5ccccc5c4)cc3)c2)c2ccccc2)c2ccccc2c2ccccc12. The van der Waals surface area contributed by atoms with Gasteiger partial charge in [-0.2, -0.15) is 5.01 Å². The lowest BCUT2D eigenvalue weighted by Crippen LogP contribution is -2.23. The molecule has 1 aliphatic rings. The summed E-state index contributed by atoms with van der Waals surface area (Å²) in [5.41, 5.74) is 31.7. The van der Waals surface area contributed by atoms with E-state index in [9.17, 15) is 0 Å². The number of nitrogens with two attached hydrogens (primary N) is 3. The Balaban J connectivity index is 0.871. The number of para-hydroxylation sites is 1. The van der Waals surface area contributed by atoms with Crippen LogP contribution >= 0.6 is 0 Å². The molecule has 6 nitrogen and oxygen atoms in total. The molecule has 1 fully saturated rings. The third-order valence-electron chi connectivity index (χ3n) is 12.8. The second-order valence-electron chi connectivity index (χ2n) is 16.8. The summed E-state index contributed by atoms with van der Waals surface area (Å²) in [7, 11) is 0. The van der Waals surface area contributed by atoms with E-state index in [0.717, 1.165) is 66.7 Å². The van der Waals surface area contributed by atoms with Crippen LogP contribution in [-0.2, 0) is 6.54 Å². The molecule has 6 N–H and O–H groups in total. The molecule has 1 heterocycles. The molecule has 0 bridgehead atoms. The molecular weight excluding hydrogens is 781 g/mol. The Morgan fingerprint density at radius 2 is 1.11 bits per heavy atom. The Labute approximate surface area is 373 Å². The van der Waals surface area contributed by atoms with Crippen LogP contribution in [0.1, 0.15) is 34.5 Å². The predicted octanol–water partition coefficient (Wildman–Crippen LogP) is 13.1. The van der Waals surface area contributed by atoms with Crippen LogP contribution in [-0.4, -0.2) is 16.7 Å². The molecule has 0 amide bonds. The quantitative estimate of drug-likeness (QED) is 0.0521. The van der Waals surface area contributed by atoms with E-state index >= 15 is 0 Å². The Morgan fingerprint density at radius 1 is 0.516 bits per heavy atom. The molecule has 64 heavy (non-hydrogen) atoms. The summed E-state index contributed by atoms with van der Waals surface area (Å²) in [4.78, 5) is 2.36. The van der Waals surface area contributed by atoms with Crippen LogP contribution in [0.4, 0.5) is 17.1 Å². The van der Waals surface area contributed by atoms with Gasteiger partial charge in [0.1, 0.15) is 12.8 Å². The highest BCUT2D eigenvalue weighted by atomic mass is 15.8. The lowest BCUT2D eigenvalue weighted by atomic mass is 9.96. The number of nitrogens with zero attached hydrogens (tertiary/aromatic N) is 3. The minimum atomic E-state index is -0.345. The zero-order valence-corrected chi connectivity index (χ0v) is 35.4. The second kappa shape index (κ2) is 16.5. The number of hydrazine groups is 1. The fraction of sp³-hybridized carbons (Fsp3) is 0.0690. The van der Waals surface area contributed by atoms with Crippen LogP contribution < -0.4 is 22.1 Å². The summed E-state index contributed by atoms with van der Waals surface area (Å²) in [5, 5.41) is 13.7. The van der Waals surface area contributed by atoms with E-state index in [4.69, 9.17) is 17.2 Å². The van der Waals surface area contributed by atoms with Crippen molar-refractivity contribution < 1.29 is 0 Å². The molecule has 3 unspecified atom stereocenters. The number of hydrogen-bond acceptors (Lipinski definition) is 6. The number of rotatable bonds is 11. The molecule has 0 saturated carbocycles. The van der Waals surface area contributed by atoms with Gasteiger partial charge in [-0.1, -0.05) is 182 Å². The van der Waals surface area contributed by atoms with Gasteiger partial charge in [-0.05, 0) is 102 Å². The third kappa shape index (κ3) is 7.40. The van der Waals surface area contributed by atoms with Gasteiger partial charge in [-0.3, -0.25) is 5.01 Å². The van der Waals surface area contributed by atoms with E-state index in [1.807, 2.05) is 0 Å². The molecule has 10 aromatic carbocycles. The van der Waals surface area contributed by atoms with Crippen molar-refractivity contribution in [2.24, 2.45) is 11.5 Å². The maximum absolute atomic E-state index is 7.13.